The van der Waals surface area contributed by atoms with E-state index in [4.69, 9.17) is 11.6 Å². The van der Waals surface area contributed by atoms with Crippen molar-refractivity contribution in [1.29, 1.82) is 0 Å². The highest BCUT2D eigenvalue weighted by molar-refractivity contribution is 7.93. The van der Waals surface area contributed by atoms with E-state index in [1.807, 2.05) is 13.8 Å². The molecular weight excluding hydrogens is 400 g/mol. The van der Waals surface area contributed by atoms with Gasteiger partial charge in [-0.3, -0.25) is 9.59 Å². The molecule has 28 heavy (non-hydrogen) atoms. The third-order valence-corrected chi connectivity index (χ3v) is 8.57. The molecule has 1 saturated heterocycles. The second kappa shape index (κ2) is 8.03. The summed E-state index contributed by atoms with van der Waals surface area (Å²) >= 11 is 5.90. The fraction of sp³-hybridized carbons (Fsp3) is 0.600. The van der Waals surface area contributed by atoms with E-state index in [0.29, 0.717) is 56.9 Å². The highest BCUT2D eigenvalue weighted by Crippen LogP contribution is 2.42. The summed E-state index contributed by atoms with van der Waals surface area (Å²) in [7, 11) is -3.84. The summed E-state index contributed by atoms with van der Waals surface area (Å²) in [4.78, 5) is 29.1. The van der Waals surface area contributed by atoms with E-state index >= 15 is 0 Å². The lowest BCUT2D eigenvalue weighted by molar-refractivity contribution is -0.142. The minimum Gasteiger partial charge on any atom is -0.339 e. The molecule has 0 unspecified atom stereocenters. The Hall–Kier alpha value is -1.60. The van der Waals surface area contributed by atoms with Crippen LogP contribution in [0, 0.1) is 5.92 Å². The number of hydrogen-bond acceptors (Lipinski definition) is 4. The van der Waals surface area contributed by atoms with Crippen molar-refractivity contribution in [3.05, 3.63) is 29.3 Å². The second-order valence-electron chi connectivity index (χ2n) is 7.93. The van der Waals surface area contributed by atoms with Crippen LogP contribution in [0.15, 0.2) is 29.2 Å². The zero-order chi connectivity index (χ0) is 20.5. The van der Waals surface area contributed by atoms with Crippen LogP contribution < -0.4 is 0 Å². The fourth-order valence-electron chi connectivity index (χ4n) is 4.17. The third kappa shape index (κ3) is 3.66. The van der Waals surface area contributed by atoms with Gasteiger partial charge in [0, 0.05) is 37.1 Å². The number of benzene rings is 1. The Balaban J connectivity index is 1.83. The van der Waals surface area contributed by atoms with Gasteiger partial charge in [-0.05, 0) is 37.1 Å². The van der Waals surface area contributed by atoms with Crippen LogP contribution in [-0.2, 0) is 19.4 Å². The maximum Gasteiger partial charge on any atom is 0.244 e. The Kier molecular flexibility index (Phi) is 6.05. The summed E-state index contributed by atoms with van der Waals surface area (Å²) in [5.41, 5.74) is 0. The topological polar surface area (TPSA) is 74.8 Å². The molecule has 1 aromatic rings. The van der Waals surface area contributed by atoms with Gasteiger partial charge in [-0.2, -0.15) is 0 Å². The molecule has 0 N–H and O–H groups in total. The maximum absolute atomic E-state index is 13.5. The maximum atomic E-state index is 13.5. The van der Waals surface area contributed by atoms with Crippen LogP contribution in [0.5, 0.6) is 0 Å². The predicted octanol–water partition coefficient (Wildman–Crippen LogP) is 2.75. The van der Waals surface area contributed by atoms with Crippen molar-refractivity contribution < 1.29 is 18.0 Å². The van der Waals surface area contributed by atoms with Gasteiger partial charge in [0.05, 0.1) is 4.90 Å². The lowest BCUT2D eigenvalue weighted by Gasteiger charge is -2.40. The number of amides is 2. The molecule has 0 radical (unpaired) electrons. The van der Waals surface area contributed by atoms with Gasteiger partial charge in [0.15, 0.2) is 14.6 Å². The van der Waals surface area contributed by atoms with E-state index in [-0.39, 0.29) is 22.6 Å². The Labute approximate surface area is 171 Å². The van der Waals surface area contributed by atoms with Crippen LogP contribution in [0.1, 0.15) is 39.5 Å². The van der Waals surface area contributed by atoms with Crippen LogP contribution in [-0.4, -0.2) is 61.0 Å². The van der Waals surface area contributed by atoms with Crippen molar-refractivity contribution in [3.8, 4) is 0 Å². The minimum atomic E-state index is -3.84. The number of hydrogen-bond donors (Lipinski definition) is 0. The van der Waals surface area contributed by atoms with Crippen molar-refractivity contribution in [3.63, 3.8) is 0 Å². The highest BCUT2D eigenvalue weighted by Gasteiger charge is 2.54. The van der Waals surface area contributed by atoms with Crippen molar-refractivity contribution in [2.24, 2.45) is 5.92 Å². The normalized spacial score (nSPS) is 19.9. The monoisotopic (exact) mass is 426 g/mol. The minimum absolute atomic E-state index is 0.0662. The predicted molar refractivity (Wildman–Crippen MR) is 108 cm³/mol. The van der Waals surface area contributed by atoms with Gasteiger partial charge in [0.2, 0.25) is 11.8 Å². The van der Waals surface area contributed by atoms with Crippen LogP contribution in [0.3, 0.4) is 0 Å². The molecule has 2 fully saturated rings. The lowest BCUT2D eigenvalue weighted by atomic mass is 10.0. The number of rotatable bonds is 4. The fourth-order valence-corrected chi connectivity index (χ4v) is 6.42. The molecule has 6 nitrogen and oxygen atoms in total. The molecule has 1 heterocycles. The van der Waals surface area contributed by atoms with E-state index in [1.54, 1.807) is 9.80 Å². The van der Waals surface area contributed by atoms with Gasteiger partial charge < -0.3 is 9.80 Å². The summed E-state index contributed by atoms with van der Waals surface area (Å²) in [6.07, 6.45) is 2.10. The van der Waals surface area contributed by atoms with Gasteiger partial charge in [0.1, 0.15) is 0 Å². The SMILES string of the molecule is CC(C)C(=O)N1CCN(C(=O)C2(S(=O)(=O)c3ccc(Cl)cc3)CCCC2)CC1. The second-order valence-corrected chi connectivity index (χ2v) is 10.6. The molecule has 8 heteroatoms. The van der Waals surface area contributed by atoms with E-state index in [2.05, 4.69) is 0 Å². The third-order valence-electron chi connectivity index (χ3n) is 5.81. The Morgan fingerprint density at radius 2 is 1.46 bits per heavy atom. The molecule has 1 saturated carbocycles. The molecule has 2 amide bonds. The summed E-state index contributed by atoms with van der Waals surface area (Å²) in [5.74, 6) is -0.346. The number of nitrogens with zero attached hydrogens (tertiary/aromatic N) is 2. The quantitative estimate of drug-likeness (QED) is 0.741. The first kappa shape index (κ1) is 21.1. The van der Waals surface area contributed by atoms with E-state index < -0.39 is 14.6 Å². The van der Waals surface area contributed by atoms with Crippen LogP contribution in [0.25, 0.3) is 0 Å². The molecule has 1 aliphatic carbocycles. The van der Waals surface area contributed by atoms with E-state index in [1.165, 1.54) is 24.3 Å². The lowest BCUT2D eigenvalue weighted by Crippen LogP contribution is -2.58. The molecule has 1 aliphatic heterocycles. The average Bonchev–Trinajstić information content (AvgIpc) is 3.19. The molecule has 3 rings (SSSR count). The molecular formula is C20H27ClN2O4S. The number of carbonyl (C=O) groups excluding carboxylic acids is 2. The molecule has 2 aliphatic rings. The van der Waals surface area contributed by atoms with Crippen molar-refractivity contribution >= 4 is 33.3 Å². The first-order chi connectivity index (χ1) is 13.2. The molecule has 0 atom stereocenters. The molecule has 0 bridgehead atoms. The Morgan fingerprint density at radius 1 is 0.964 bits per heavy atom. The number of carbonyl (C=O) groups is 2. The van der Waals surface area contributed by atoms with Gasteiger partial charge >= 0.3 is 0 Å². The first-order valence-corrected chi connectivity index (χ1v) is 11.6. The zero-order valence-electron chi connectivity index (χ0n) is 16.4. The van der Waals surface area contributed by atoms with Crippen LogP contribution in [0.2, 0.25) is 5.02 Å². The number of halogens is 1. The van der Waals surface area contributed by atoms with Crippen LogP contribution >= 0.6 is 11.6 Å². The highest BCUT2D eigenvalue weighted by atomic mass is 35.5. The number of sulfone groups is 1. The van der Waals surface area contributed by atoms with Gasteiger partial charge in [-0.15, -0.1) is 0 Å². The van der Waals surface area contributed by atoms with E-state index in [9.17, 15) is 18.0 Å². The first-order valence-electron chi connectivity index (χ1n) is 9.77. The molecule has 0 spiro atoms. The number of piperazine rings is 1. The summed E-state index contributed by atoms with van der Waals surface area (Å²) in [6, 6.07) is 6.03. The van der Waals surface area contributed by atoms with Gasteiger partial charge in [-0.1, -0.05) is 38.3 Å². The van der Waals surface area contributed by atoms with Crippen molar-refractivity contribution in [1.82, 2.24) is 9.80 Å². The Bertz CT molecular complexity index is 837. The summed E-state index contributed by atoms with van der Waals surface area (Å²) in [6.45, 7) is 5.34. The van der Waals surface area contributed by atoms with Gasteiger partial charge in [-0.25, -0.2) is 8.42 Å². The summed E-state index contributed by atoms with van der Waals surface area (Å²) < 4.78 is 25.5. The van der Waals surface area contributed by atoms with Crippen molar-refractivity contribution in [2.75, 3.05) is 26.2 Å². The molecule has 1 aromatic carbocycles. The van der Waals surface area contributed by atoms with Gasteiger partial charge in [0.25, 0.3) is 0 Å². The Morgan fingerprint density at radius 3 is 1.96 bits per heavy atom. The van der Waals surface area contributed by atoms with E-state index in [0.717, 1.165) is 0 Å². The summed E-state index contributed by atoms with van der Waals surface area (Å²) in [5, 5.41) is 0.455. The smallest absolute Gasteiger partial charge is 0.244 e. The van der Waals surface area contributed by atoms with Crippen molar-refractivity contribution in [2.45, 2.75) is 49.2 Å². The zero-order valence-corrected chi connectivity index (χ0v) is 17.9. The average molecular weight is 427 g/mol. The largest absolute Gasteiger partial charge is 0.339 e. The standard InChI is InChI=1S/C20H27ClN2O4S/c1-15(2)18(24)22-11-13-23(14-12-22)19(25)20(9-3-4-10-20)28(26,27)17-7-5-16(21)6-8-17/h5-8,15H,3-4,9-14H2,1-2H3. The molecule has 154 valence electrons. The van der Waals surface area contributed by atoms with Crippen LogP contribution in [0.4, 0.5) is 0 Å². The molecule has 0 aromatic heterocycles.